The highest BCUT2D eigenvalue weighted by Crippen LogP contribution is 2.40. The number of nitrogens with one attached hydrogen (secondary N) is 1. The first-order valence-corrected chi connectivity index (χ1v) is 4.89. The molecule has 4 nitrogen and oxygen atoms in total. The van der Waals surface area contributed by atoms with Gasteiger partial charge in [-0.2, -0.15) is 0 Å². The molecule has 0 saturated carbocycles. The van der Waals surface area contributed by atoms with E-state index in [9.17, 15) is 14.0 Å². The Balaban J connectivity index is 2.51. The van der Waals surface area contributed by atoms with Crippen molar-refractivity contribution in [2.24, 2.45) is 0 Å². The van der Waals surface area contributed by atoms with E-state index in [-0.39, 0.29) is 16.3 Å². The summed E-state index contributed by atoms with van der Waals surface area (Å²) in [5.74, 6) is -3.20. The number of hydrogen-bond acceptors (Lipinski definition) is 2. The van der Waals surface area contributed by atoms with Gasteiger partial charge in [-0.05, 0) is 12.1 Å². The average Bonchev–Trinajstić information content (AvgIpc) is 2.51. The number of amides is 1. The van der Waals surface area contributed by atoms with Crippen LogP contribution in [0.1, 0.15) is 17.9 Å². The number of carbonyl (C=O) groups excluding carboxylic acids is 1. The van der Waals surface area contributed by atoms with Crippen molar-refractivity contribution < 1.29 is 19.1 Å². The van der Waals surface area contributed by atoms with Crippen molar-refractivity contribution in [1.29, 1.82) is 0 Å². The molecule has 0 aliphatic carbocycles. The summed E-state index contributed by atoms with van der Waals surface area (Å²) >= 11 is 5.83. The van der Waals surface area contributed by atoms with Crippen molar-refractivity contribution in [3.8, 4) is 0 Å². The maximum Gasteiger partial charge on any atom is 0.304 e. The number of aliphatic carboxylic acids is 1. The fourth-order valence-corrected chi connectivity index (χ4v) is 2.04. The number of rotatable bonds is 2. The SMILES string of the molecule is O=C(O)CC1C(=O)Nc2c(F)ccc(Cl)c21. The molecule has 1 aromatic carbocycles. The van der Waals surface area contributed by atoms with Crippen LogP contribution < -0.4 is 5.32 Å². The zero-order valence-electron chi connectivity index (χ0n) is 7.96. The predicted molar refractivity (Wildman–Crippen MR) is 55.0 cm³/mol. The van der Waals surface area contributed by atoms with Gasteiger partial charge >= 0.3 is 5.97 Å². The highest BCUT2D eigenvalue weighted by Gasteiger charge is 2.36. The largest absolute Gasteiger partial charge is 0.481 e. The van der Waals surface area contributed by atoms with E-state index in [4.69, 9.17) is 16.7 Å². The molecule has 1 unspecified atom stereocenters. The molecule has 1 aliphatic rings. The van der Waals surface area contributed by atoms with Crippen LogP contribution >= 0.6 is 11.6 Å². The number of carboxylic acids is 1. The highest BCUT2D eigenvalue weighted by molar-refractivity contribution is 6.32. The van der Waals surface area contributed by atoms with E-state index in [2.05, 4.69) is 5.32 Å². The van der Waals surface area contributed by atoms with E-state index < -0.39 is 30.0 Å². The zero-order valence-corrected chi connectivity index (χ0v) is 8.71. The molecule has 1 aromatic rings. The van der Waals surface area contributed by atoms with Gasteiger partial charge in [-0.3, -0.25) is 9.59 Å². The summed E-state index contributed by atoms with van der Waals surface area (Å²) in [6, 6.07) is 2.44. The molecule has 0 fully saturated rings. The second kappa shape index (κ2) is 3.75. The lowest BCUT2D eigenvalue weighted by molar-refractivity contribution is -0.138. The maximum atomic E-state index is 13.3. The molecule has 16 heavy (non-hydrogen) atoms. The first-order valence-electron chi connectivity index (χ1n) is 4.51. The summed E-state index contributed by atoms with van der Waals surface area (Å²) in [7, 11) is 0. The molecule has 0 spiro atoms. The summed E-state index contributed by atoms with van der Waals surface area (Å²) in [5, 5.41) is 11.2. The fraction of sp³-hybridized carbons (Fsp3) is 0.200. The Labute approximate surface area is 95.0 Å². The van der Waals surface area contributed by atoms with Crippen molar-refractivity contribution >= 4 is 29.2 Å². The molecule has 1 atom stereocenters. The zero-order chi connectivity index (χ0) is 11.9. The molecule has 0 saturated heterocycles. The number of fused-ring (bicyclic) bond motifs is 1. The van der Waals surface area contributed by atoms with Crippen LogP contribution in [-0.4, -0.2) is 17.0 Å². The molecule has 2 N–H and O–H groups in total. The molecule has 1 aliphatic heterocycles. The number of carbonyl (C=O) groups is 2. The summed E-state index contributed by atoms with van der Waals surface area (Å²) in [6.07, 6.45) is -0.401. The van der Waals surface area contributed by atoms with Gasteiger partial charge in [0, 0.05) is 10.6 Å². The Kier molecular flexibility index (Phi) is 2.55. The van der Waals surface area contributed by atoms with E-state index in [1.54, 1.807) is 0 Å². The van der Waals surface area contributed by atoms with Gasteiger partial charge in [-0.1, -0.05) is 11.6 Å². The Bertz CT molecular complexity index is 489. The highest BCUT2D eigenvalue weighted by atomic mass is 35.5. The van der Waals surface area contributed by atoms with Crippen molar-refractivity contribution in [2.75, 3.05) is 5.32 Å². The van der Waals surface area contributed by atoms with Crippen LogP contribution in [0.2, 0.25) is 5.02 Å². The fourth-order valence-electron chi connectivity index (χ4n) is 1.75. The van der Waals surface area contributed by atoms with Crippen LogP contribution in [0.4, 0.5) is 10.1 Å². The van der Waals surface area contributed by atoms with Gasteiger partial charge in [-0.25, -0.2) is 4.39 Å². The van der Waals surface area contributed by atoms with Gasteiger partial charge < -0.3 is 10.4 Å². The topological polar surface area (TPSA) is 66.4 Å². The van der Waals surface area contributed by atoms with Crippen LogP contribution in [0.5, 0.6) is 0 Å². The van der Waals surface area contributed by atoms with E-state index in [0.717, 1.165) is 6.07 Å². The van der Waals surface area contributed by atoms with E-state index in [1.165, 1.54) is 6.07 Å². The minimum Gasteiger partial charge on any atom is -0.481 e. The summed E-state index contributed by atoms with van der Waals surface area (Å²) < 4.78 is 13.3. The minimum absolute atomic E-state index is 0.0104. The van der Waals surface area contributed by atoms with Crippen LogP contribution in [0, 0.1) is 5.82 Å². The van der Waals surface area contributed by atoms with E-state index >= 15 is 0 Å². The molecule has 84 valence electrons. The number of hydrogen-bond donors (Lipinski definition) is 2. The lowest BCUT2D eigenvalue weighted by atomic mass is 9.97. The summed E-state index contributed by atoms with van der Waals surface area (Å²) in [6.45, 7) is 0. The van der Waals surface area contributed by atoms with E-state index in [1.807, 2.05) is 0 Å². The van der Waals surface area contributed by atoms with Gasteiger partial charge in [0.25, 0.3) is 0 Å². The van der Waals surface area contributed by atoms with Crippen LogP contribution in [-0.2, 0) is 9.59 Å². The third-order valence-electron chi connectivity index (χ3n) is 2.43. The maximum absolute atomic E-state index is 13.3. The second-order valence-electron chi connectivity index (χ2n) is 3.46. The van der Waals surface area contributed by atoms with E-state index in [0.29, 0.717) is 0 Å². The smallest absolute Gasteiger partial charge is 0.304 e. The van der Waals surface area contributed by atoms with Crippen LogP contribution in [0.15, 0.2) is 12.1 Å². The molecule has 1 heterocycles. The third kappa shape index (κ3) is 1.63. The number of halogens is 2. The van der Waals surface area contributed by atoms with Gasteiger partial charge in [0.05, 0.1) is 18.0 Å². The van der Waals surface area contributed by atoms with Crippen molar-refractivity contribution in [1.82, 2.24) is 0 Å². The normalized spacial score (nSPS) is 18.1. The van der Waals surface area contributed by atoms with Gasteiger partial charge in [0.2, 0.25) is 5.91 Å². The third-order valence-corrected chi connectivity index (χ3v) is 2.76. The second-order valence-corrected chi connectivity index (χ2v) is 3.86. The van der Waals surface area contributed by atoms with Gasteiger partial charge in [-0.15, -0.1) is 0 Å². The monoisotopic (exact) mass is 243 g/mol. The van der Waals surface area contributed by atoms with Gasteiger partial charge in [0.1, 0.15) is 5.82 Å². The Morgan fingerprint density at radius 1 is 1.56 bits per heavy atom. The lowest BCUT2D eigenvalue weighted by Crippen LogP contribution is -2.15. The molecule has 0 bridgehead atoms. The van der Waals surface area contributed by atoms with Crippen LogP contribution in [0.3, 0.4) is 0 Å². The lowest BCUT2D eigenvalue weighted by Gasteiger charge is -2.07. The molecule has 0 aromatic heterocycles. The van der Waals surface area contributed by atoms with Crippen molar-refractivity contribution in [2.45, 2.75) is 12.3 Å². The van der Waals surface area contributed by atoms with Crippen LogP contribution in [0.25, 0.3) is 0 Å². The Morgan fingerprint density at radius 2 is 2.25 bits per heavy atom. The first kappa shape index (κ1) is 10.9. The average molecular weight is 244 g/mol. The number of anilines is 1. The standard InChI is InChI=1S/C10H7ClFNO3/c11-5-1-2-6(12)9-8(5)4(3-7(14)15)10(16)13-9/h1-2,4H,3H2,(H,13,16)(H,14,15). The molecule has 0 radical (unpaired) electrons. The van der Waals surface area contributed by atoms with Crippen molar-refractivity contribution in [3.63, 3.8) is 0 Å². The molecule has 2 rings (SSSR count). The molecular weight excluding hydrogens is 237 g/mol. The Morgan fingerprint density at radius 3 is 2.88 bits per heavy atom. The Hall–Kier alpha value is -1.62. The predicted octanol–water partition coefficient (Wildman–Crippen LogP) is 1.99. The quantitative estimate of drug-likeness (QED) is 0.835. The molecule has 6 heteroatoms. The van der Waals surface area contributed by atoms with Gasteiger partial charge in [0.15, 0.2) is 0 Å². The van der Waals surface area contributed by atoms with Crippen molar-refractivity contribution in [3.05, 3.63) is 28.5 Å². The molecular formula is C10H7ClFNO3. The summed E-state index contributed by atoms with van der Waals surface area (Å²) in [5.41, 5.74) is 0.220. The number of benzene rings is 1. The molecule has 1 amide bonds. The minimum atomic E-state index is -1.13. The summed E-state index contributed by atoms with van der Waals surface area (Å²) in [4.78, 5) is 22.1. The number of carboxylic acid groups (broad SMARTS) is 1. The first-order chi connectivity index (χ1) is 7.50.